The van der Waals surface area contributed by atoms with Crippen LogP contribution in [0.1, 0.15) is 42.7 Å². The van der Waals surface area contributed by atoms with Crippen LogP contribution >= 0.6 is 0 Å². The molecule has 0 spiro atoms. The second-order valence-corrected chi connectivity index (χ2v) is 3.89. The van der Waals surface area contributed by atoms with Crippen molar-refractivity contribution in [3.63, 3.8) is 0 Å². The molecule has 0 aliphatic heterocycles. The maximum Gasteiger partial charge on any atom is -0.0162 e. The van der Waals surface area contributed by atoms with Gasteiger partial charge in [-0.1, -0.05) is 42.7 Å². The third kappa shape index (κ3) is 1.52. The van der Waals surface area contributed by atoms with E-state index in [1.807, 2.05) is 0 Å². The van der Waals surface area contributed by atoms with Gasteiger partial charge in [0.1, 0.15) is 0 Å². The molecule has 12 heavy (non-hydrogen) atoms. The molecule has 1 saturated carbocycles. The number of benzene rings is 1. The van der Waals surface area contributed by atoms with Crippen LogP contribution in [0.15, 0.2) is 24.3 Å². The van der Waals surface area contributed by atoms with Gasteiger partial charge in [-0.3, -0.25) is 0 Å². The first kappa shape index (κ1) is 7.85. The molecule has 0 aromatic heterocycles. The smallest absolute Gasteiger partial charge is 0.0162 e. The average molecular weight is 160 g/mol. The predicted octanol–water partition coefficient (Wildman–Crippen LogP) is 3.65. The molecular formula is C12H16. The summed E-state index contributed by atoms with van der Waals surface area (Å²) in [5, 5.41) is 0. The number of aryl methyl sites for hydroxylation is 1. The monoisotopic (exact) mass is 160 g/mol. The maximum absolute atomic E-state index is 2.30. The first-order chi connectivity index (χ1) is 5.86. The van der Waals surface area contributed by atoms with E-state index in [4.69, 9.17) is 0 Å². The van der Waals surface area contributed by atoms with Crippen molar-refractivity contribution in [2.45, 2.75) is 38.5 Å². The molecule has 0 bridgehead atoms. The van der Waals surface area contributed by atoms with E-state index in [0.717, 1.165) is 5.92 Å². The van der Waals surface area contributed by atoms with Gasteiger partial charge in [0.15, 0.2) is 0 Å². The second-order valence-electron chi connectivity index (χ2n) is 3.89. The summed E-state index contributed by atoms with van der Waals surface area (Å²) >= 11 is 0. The van der Waals surface area contributed by atoms with Crippen molar-refractivity contribution >= 4 is 0 Å². The largest absolute Gasteiger partial charge is 0.0590 e. The van der Waals surface area contributed by atoms with Crippen molar-refractivity contribution in [2.75, 3.05) is 0 Å². The molecule has 1 aliphatic carbocycles. The van der Waals surface area contributed by atoms with Crippen LogP contribution in [0.3, 0.4) is 0 Å². The molecular weight excluding hydrogens is 144 g/mol. The van der Waals surface area contributed by atoms with Gasteiger partial charge >= 0.3 is 0 Å². The van der Waals surface area contributed by atoms with E-state index in [-0.39, 0.29) is 0 Å². The van der Waals surface area contributed by atoms with Crippen LogP contribution in [-0.2, 0) is 0 Å². The molecule has 1 fully saturated rings. The zero-order valence-electron chi connectivity index (χ0n) is 7.72. The fourth-order valence-corrected chi connectivity index (χ4v) is 2.10. The van der Waals surface area contributed by atoms with E-state index >= 15 is 0 Å². The van der Waals surface area contributed by atoms with Gasteiger partial charge < -0.3 is 0 Å². The third-order valence-corrected chi connectivity index (χ3v) is 2.90. The van der Waals surface area contributed by atoms with Crippen molar-refractivity contribution in [1.29, 1.82) is 0 Å². The van der Waals surface area contributed by atoms with E-state index in [1.54, 1.807) is 5.56 Å². The highest BCUT2D eigenvalue weighted by molar-refractivity contribution is 5.24. The molecule has 0 saturated heterocycles. The van der Waals surface area contributed by atoms with E-state index < -0.39 is 0 Å². The second kappa shape index (κ2) is 3.30. The molecule has 0 heterocycles. The molecule has 1 aliphatic rings. The minimum Gasteiger partial charge on any atom is -0.0590 e. The predicted molar refractivity (Wildman–Crippen MR) is 52.4 cm³/mol. The minimum atomic E-state index is 0.866. The summed E-state index contributed by atoms with van der Waals surface area (Å²) in [5.41, 5.74) is 2.93. The van der Waals surface area contributed by atoms with Gasteiger partial charge in [-0.05, 0) is 31.2 Å². The molecule has 0 N–H and O–H groups in total. The zero-order chi connectivity index (χ0) is 8.39. The van der Waals surface area contributed by atoms with Gasteiger partial charge in [-0.2, -0.15) is 0 Å². The average Bonchev–Trinajstić information content (AvgIpc) is 2.58. The van der Waals surface area contributed by atoms with Gasteiger partial charge in [0.25, 0.3) is 0 Å². The summed E-state index contributed by atoms with van der Waals surface area (Å²) in [5.74, 6) is 0.866. The van der Waals surface area contributed by atoms with Gasteiger partial charge in [-0.25, -0.2) is 0 Å². The fraction of sp³-hybridized carbons (Fsp3) is 0.500. The fourth-order valence-electron chi connectivity index (χ4n) is 2.10. The molecule has 0 amide bonds. The molecule has 0 unspecified atom stereocenters. The van der Waals surface area contributed by atoms with Crippen molar-refractivity contribution in [1.82, 2.24) is 0 Å². The summed E-state index contributed by atoms with van der Waals surface area (Å²) in [4.78, 5) is 0. The molecule has 1 aromatic carbocycles. The summed E-state index contributed by atoms with van der Waals surface area (Å²) in [7, 11) is 0. The van der Waals surface area contributed by atoms with Crippen LogP contribution < -0.4 is 0 Å². The molecule has 1 aromatic rings. The standard InChI is InChI=1S/C12H16/c1-10-6-8-12(9-7-10)11-4-2-3-5-11/h6-9,11H,2-5H2,1H3. The summed E-state index contributed by atoms with van der Waals surface area (Å²) in [6.45, 7) is 2.15. The van der Waals surface area contributed by atoms with E-state index in [9.17, 15) is 0 Å². The number of hydrogen-bond donors (Lipinski definition) is 0. The molecule has 0 atom stereocenters. The van der Waals surface area contributed by atoms with Crippen molar-refractivity contribution in [3.05, 3.63) is 35.4 Å². The lowest BCUT2D eigenvalue weighted by atomic mass is 9.97. The first-order valence-electron chi connectivity index (χ1n) is 4.93. The Morgan fingerprint density at radius 2 is 1.58 bits per heavy atom. The Hall–Kier alpha value is -0.780. The Bertz CT molecular complexity index is 239. The van der Waals surface area contributed by atoms with E-state index in [2.05, 4.69) is 31.2 Å². The molecule has 2 rings (SSSR count). The molecule has 0 radical (unpaired) electrons. The van der Waals surface area contributed by atoms with Crippen LogP contribution in [-0.4, -0.2) is 0 Å². The van der Waals surface area contributed by atoms with E-state index in [1.165, 1.54) is 31.2 Å². The summed E-state index contributed by atoms with van der Waals surface area (Å²) in [6.07, 6.45) is 5.67. The molecule has 64 valence electrons. The Balaban J connectivity index is 2.17. The first-order valence-corrected chi connectivity index (χ1v) is 4.93. The highest BCUT2D eigenvalue weighted by atomic mass is 14.2. The summed E-state index contributed by atoms with van der Waals surface area (Å²) in [6, 6.07) is 9.05. The SMILES string of the molecule is Cc1ccc(C2CCCC2)cc1. The lowest BCUT2D eigenvalue weighted by Gasteiger charge is -2.08. The third-order valence-electron chi connectivity index (χ3n) is 2.90. The number of hydrogen-bond acceptors (Lipinski definition) is 0. The zero-order valence-corrected chi connectivity index (χ0v) is 7.72. The van der Waals surface area contributed by atoms with Gasteiger partial charge in [0, 0.05) is 0 Å². The number of rotatable bonds is 1. The Morgan fingerprint density at radius 1 is 1.00 bits per heavy atom. The van der Waals surface area contributed by atoms with Gasteiger partial charge in [0.2, 0.25) is 0 Å². The van der Waals surface area contributed by atoms with Gasteiger partial charge in [-0.15, -0.1) is 0 Å². The minimum absolute atomic E-state index is 0.866. The normalized spacial score (nSPS) is 18.4. The lowest BCUT2D eigenvalue weighted by Crippen LogP contribution is -1.90. The van der Waals surface area contributed by atoms with Crippen molar-refractivity contribution < 1.29 is 0 Å². The van der Waals surface area contributed by atoms with Crippen LogP contribution in [0.25, 0.3) is 0 Å². The highest BCUT2D eigenvalue weighted by Gasteiger charge is 2.15. The van der Waals surface area contributed by atoms with Crippen molar-refractivity contribution in [2.24, 2.45) is 0 Å². The maximum atomic E-state index is 2.30. The van der Waals surface area contributed by atoms with E-state index in [0.29, 0.717) is 0 Å². The molecule has 0 nitrogen and oxygen atoms in total. The molecule has 0 heteroatoms. The summed E-state index contributed by atoms with van der Waals surface area (Å²) < 4.78 is 0. The Morgan fingerprint density at radius 3 is 2.17 bits per heavy atom. The van der Waals surface area contributed by atoms with Gasteiger partial charge in [0.05, 0.1) is 0 Å². The Kier molecular flexibility index (Phi) is 2.16. The van der Waals surface area contributed by atoms with Crippen LogP contribution in [0.5, 0.6) is 0 Å². The van der Waals surface area contributed by atoms with Crippen LogP contribution in [0.4, 0.5) is 0 Å². The van der Waals surface area contributed by atoms with Crippen LogP contribution in [0.2, 0.25) is 0 Å². The van der Waals surface area contributed by atoms with Crippen LogP contribution in [0, 0.1) is 6.92 Å². The lowest BCUT2D eigenvalue weighted by molar-refractivity contribution is 0.723. The topological polar surface area (TPSA) is 0 Å². The van der Waals surface area contributed by atoms with Crippen molar-refractivity contribution in [3.8, 4) is 0 Å². The Labute approximate surface area is 74.6 Å². The highest BCUT2D eigenvalue weighted by Crippen LogP contribution is 2.33. The quantitative estimate of drug-likeness (QED) is 0.588.